The number of hydrogen-bond acceptors (Lipinski definition) is 3. The van der Waals surface area contributed by atoms with Crippen molar-refractivity contribution in [3.63, 3.8) is 0 Å². The number of ether oxygens (including phenoxy) is 1. The molecule has 1 aromatic rings. The van der Waals surface area contributed by atoms with Crippen molar-refractivity contribution in [2.75, 3.05) is 13.2 Å². The normalized spacial score (nSPS) is 19.1. The number of hydrogen-bond donors (Lipinski definition) is 1. The van der Waals surface area contributed by atoms with E-state index in [2.05, 4.69) is 5.32 Å². The highest BCUT2D eigenvalue weighted by molar-refractivity contribution is 5.84. The van der Waals surface area contributed by atoms with Crippen LogP contribution in [0, 0.1) is 0 Å². The van der Waals surface area contributed by atoms with Crippen LogP contribution in [-0.2, 0) is 9.53 Å². The average Bonchev–Trinajstić information content (AvgIpc) is 2.98. The van der Waals surface area contributed by atoms with Crippen LogP contribution in [0.4, 0.5) is 4.79 Å². The van der Waals surface area contributed by atoms with Gasteiger partial charge < -0.3 is 15.0 Å². The van der Waals surface area contributed by atoms with Crippen LogP contribution in [0.15, 0.2) is 30.3 Å². The first-order valence-electron chi connectivity index (χ1n) is 7.42. The third-order valence-corrected chi connectivity index (χ3v) is 3.71. The van der Waals surface area contributed by atoms with E-state index < -0.39 is 6.04 Å². The maximum Gasteiger partial charge on any atom is 0.328 e. The number of carbonyl (C=O) groups excluding carboxylic acids is 2. The maximum absolute atomic E-state index is 12.4. The standard InChI is InChI=1S/C16H22N2O3/c1-3-21-15(19)14-10-7-11-18(14)16(20)17-12(2)13-8-5-4-6-9-13/h4-6,8-9,12,14H,3,7,10-11H2,1-2H3,(H,17,20)/t12-,14-/m1/s1. The molecule has 0 bridgehead atoms. The van der Waals surface area contributed by atoms with Gasteiger partial charge in [0.1, 0.15) is 6.04 Å². The van der Waals surface area contributed by atoms with Gasteiger partial charge in [-0.25, -0.2) is 9.59 Å². The molecule has 0 saturated carbocycles. The van der Waals surface area contributed by atoms with Crippen molar-refractivity contribution in [2.24, 2.45) is 0 Å². The summed E-state index contributed by atoms with van der Waals surface area (Å²) in [6.07, 6.45) is 1.50. The van der Waals surface area contributed by atoms with E-state index >= 15 is 0 Å². The van der Waals surface area contributed by atoms with Gasteiger partial charge in [-0.2, -0.15) is 0 Å². The van der Waals surface area contributed by atoms with Gasteiger partial charge in [-0.05, 0) is 32.3 Å². The number of nitrogens with zero attached hydrogens (tertiary/aromatic N) is 1. The van der Waals surface area contributed by atoms with E-state index in [0.29, 0.717) is 19.6 Å². The monoisotopic (exact) mass is 290 g/mol. The summed E-state index contributed by atoms with van der Waals surface area (Å²) in [5, 5.41) is 2.94. The van der Waals surface area contributed by atoms with Gasteiger partial charge in [0.15, 0.2) is 0 Å². The number of likely N-dealkylation sites (tertiary alicyclic amines) is 1. The van der Waals surface area contributed by atoms with E-state index in [9.17, 15) is 9.59 Å². The summed E-state index contributed by atoms with van der Waals surface area (Å²) in [6, 6.07) is 9.01. The summed E-state index contributed by atoms with van der Waals surface area (Å²) < 4.78 is 5.04. The fraction of sp³-hybridized carbons (Fsp3) is 0.500. The van der Waals surface area contributed by atoms with E-state index in [1.165, 1.54) is 0 Å². The van der Waals surface area contributed by atoms with Crippen LogP contribution in [0.1, 0.15) is 38.3 Å². The highest BCUT2D eigenvalue weighted by atomic mass is 16.5. The van der Waals surface area contributed by atoms with Crippen molar-refractivity contribution < 1.29 is 14.3 Å². The Hall–Kier alpha value is -2.04. The molecule has 2 rings (SSSR count). The first-order valence-corrected chi connectivity index (χ1v) is 7.42. The van der Waals surface area contributed by atoms with Gasteiger partial charge in [-0.3, -0.25) is 0 Å². The zero-order valence-electron chi connectivity index (χ0n) is 12.5. The summed E-state index contributed by atoms with van der Waals surface area (Å²) in [5.41, 5.74) is 1.04. The van der Waals surface area contributed by atoms with Crippen LogP contribution >= 0.6 is 0 Å². The zero-order chi connectivity index (χ0) is 15.2. The molecule has 1 N–H and O–H groups in total. The summed E-state index contributed by atoms with van der Waals surface area (Å²) in [7, 11) is 0. The summed E-state index contributed by atoms with van der Waals surface area (Å²) in [4.78, 5) is 25.8. The fourth-order valence-electron chi connectivity index (χ4n) is 2.59. The second-order valence-electron chi connectivity index (χ2n) is 5.19. The first-order chi connectivity index (χ1) is 10.1. The minimum Gasteiger partial charge on any atom is -0.464 e. The number of amides is 2. The van der Waals surface area contributed by atoms with E-state index in [1.807, 2.05) is 37.3 Å². The smallest absolute Gasteiger partial charge is 0.328 e. The topological polar surface area (TPSA) is 58.6 Å². The van der Waals surface area contributed by atoms with E-state index in [-0.39, 0.29) is 18.0 Å². The van der Waals surface area contributed by atoms with Crippen LogP contribution in [0.25, 0.3) is 0 Å². The van der Waals surface area contributed by atoms with Crippen LogP contribution < -0.4 is 5.32 Å². The Morgan fingerprint density at radius 3 is 2.76 bits per heavy atom. The van der Waals surface area contributed by atoms with Gasteiger partial charge in [0.05, 0.1) is 12.6 Å². The van der Waals surface area contributed by atoms with Crippen LogP contribution in [0.5, 0.6) is 0 Å². The van der Waals surface area contributed by atoms with E-state index in [0.717, 1.165) is 12.0 Å². The number of carbonyl (C=O) groups is 2. The molecule has 5 heteroatoms. The maximum atomic E-state index is 12.4. The molecule has 21 heavy (non-hydrogen) atoms. The van der Waals surface area contributed by atoms with Crippen molar-refractivity contribution in [1.82, 2.24) is 10.2 Å². The largest absolute Gasteiger partial charge is 0.464 e. The quantitative estimate of drug-likeness (QED) is 0.867. The SMILES string of the molecule is CCOC(=O)[C@H]1CCCN1C(=O)N[C@H](C)c1ccccc1. The molecule has 1 saturated heterocycles. The van der Waals surface area contributed by atoms with Crippen LogP contribution in [-0.4, -0.2) is 36.1 Å². The Bertz CT molecular complexity index is 490. The number of rotatable bonds is 4. The van der Waals surface area contributed by atoms with Crippen LogP contribution in [0.2, 0.25) is 0 Å². The predicted molar refractivity (Wildman–Crippen MR) is 79.7 cm³/mol. The number of benzene rings is 1. The Morgan fingerprint density at radius 2 is 2.10 bits per heavy atom. The molecular weight excluding hydrogens is 268 g/mol. The second-order valence-corrected chi connectivity index (χ2v) is 5.19. The van der Waals surface area contributed by atoms with Gasteiger partial charge in [0, 0.05) is 6.54 Å². The molecule has 1 aliphatic rings. The third-order valence-electron chi connectivity index (χ3n) is 3.71. The van der Waals surface area contributed by atoms with Crippen molar-refractivity contribution in [3.8, 4) is 0 Å². The molecule has 1 heterocycles. The lowest BCUT2D eigenvalue weighted by Crippen LogP contribution is -2.47. The van der Waals surface area contributed by atoms with Crippen molar-refractivity contribution in [2.45, 2.75) is 38.8 Å². The lowest BCUT2D eigenvalue weighted by Gasteiger charge is -2.25. The summed E-state index contributed by atoms with van der Waals surface area (Å²) in [5.74, 6) is -0.308. The van der Waals surface area contributed by atoms with Gasteiger partial charge in [-0.1, -0.05) is 30.3 Å². The van der Waals surface area contributed by atoms with Crippen molar-refractivity contribution in [1.29, 1.82) is 0 Å². The average molecular weight is 290 g/mol. The minimum atomic E-state index is -0.451. The Labute approximate surface area is 125 Å². The highest BCUT2D eigenvalue weighted by Gasteiger charge is 2.35. The van der Waals surface area contributed by atoms with Gasteiger partial charge in [0.25, 0.3) is 0 Å². The lowest BCUT2D eigenvalue weighted by atomic mass is 10.1. The summed E-state index contributed by atoms with van der Waals surface area (Å²) >= 11 is 0. The molecule has 1 aromatic carbocycles. The zero-order valence-corrected chi connectivity index (χ0v) is 12.5. The molecule has 0 unspecified atom stereocenters. The Balaban J connectivity index is 1.97. The second kappa shape index (κ2) is 7.11. The molecule has 0 aliphatic carbocycles. The molecule has 2 atom stereocenters. The summed E-state index contributed by atoms with van der Waals surface area (Å²) in [6.45, 7) is 4.64. The van der Waals surface area contributed by atoms with Gasteiger partial charge in [0.2, 0.25) is 0 Å². The molecule has 1 aliphatic heterocycles. The molecule has 5 nitrogen and oxygen atoms in total. The van der Waals surface area contributed by atoms with Gasteiger partial charge >= 0.3 is 12.0 Å². The molecule has 114 valence electrons. The lowest BCUT2D eigenvalue weighted by molar-refractivity contribution is -0.147. The molecule has 2 amide bonds. The molecule has 0 radical (unpaired) electrons. The number of esters is 1. The number of nitrogens with one attached hydrogen (secondary N) is 1. The fourth-order valence-corrected chi connectivity index (χ4v) is 2.59. The molecule has 1 fully saturated rings. The molecular formula is C16H22N2O3. The Kier molecular flexibility index (Phi) is 5.20. The predicted octanol–water partition coefficient (Wildman–Crippen LogP) is 2.48. The van der Waals surface area contributed by atoms with Gasteiger partial charge in [-0.15, -0.1) is 0 Å². The van der Waals surface area contributed by atoms with Crippen molar-refractivity contribution >= 4 is 12.0 Å². The molecule has 0 aromatic heterocycles. The third kappa shape index (κ3) is 3.74. The van der Waals surface area contributed by atoms with E-state index in [4.69, 9.17) is 4.74 Å². The van der Waals surface area contributed by atoms with Crippen molar-refractivity contribution in [3.05, 3.63) is 35.9 Å². The first kappa shape index (κ1) is 15.4. The number of urea groups is 1. The highest BCUT2D eigenvalue weighted by Crippen LogP contribution is 2.20. The molecule has 0 spiro atoms. The minimum absolute atomic E-state index is 0.0952. The van der Waals surface area contributed by atoms with Crippen LogP contribution in [0.3, 0.4) is 0 Å². The Morgan fingerprint density at radius 1 is 1.38 bits per heavy atom. The van der Waals surface area contributed by atoms with E-state index in [1.54, 1.807) is 11.8 Å².